The summed E-state index contributed by atoms with van der Waals surface area (Å²) in [7, 11) is 0. The van der Waals surface area contributed by atoms with Crippen LogP contribution in [0.15, 0.2) is 35.9 Å². The lowest BCUT2D eigenvalue weighted by Crippen LogP contribution is -2.45. The van der Waals surface area contributed by atoms with Crippen LogP contribution in [0.2, 0.25) is 5.02 Å². The van der Waals surface area contributed by atoms with Crippen molar-refractivity contribution in [2.75, 3.05) is 13.2 Å². The Morgan fingerprint density at radius 1 is 1.31 bits per heavy atom. The Labute approximate surface area is 225 Å². The van der Waals surface area contributed by atoms with Crippen LogP contribution in [-0.4, -0.2) is 52.4 Å². The van der Waals surface area contributed by atoms with Gasteiger partial charge in [0.25, 0.3) is 0 Å². The molecule has 3 fully saturated rings. The van der Waals surface area contributed by atoms with E-state index < -0.39 is 0 Å². The molecule has 0 radical (unpaired) electrons. The lowest BCUT2D eigenvalue weighted by Gasteiger charge is -2.48. The average Bonchev–Trinajstić information content (AvgIpc) is 3.46. The van der Waals surface area contributed by atoms with Crippen LogP contribution in [0.5, 0.6) is 0 Å². The molecule has 5 nitrogen and oxygen atoms in total. The maximum Gasteiger partial charge on any atom is 0.226 e. The zero-order valence-electron chi connectivity index (χ0n) is 21.7. The van der Waals surface area contributed by atoms with Gasteiger partial charge in [-0.2, -0.15) is 0 Å². The number of nitrogens with one attached hydrogen (secondary N) is 1. The van der Waals surface area contributed by atoms with Crippen molar-refractivity contribution in [1.29, 1.82) is 0 Å². The quantitative estimate of drug-likeness (QED) is 0.332. The van der Waals surface area contributed by atoms with E-state index in [1.54, 1.807) is 0 Å². The molecule has 1 unspecified atom stereocenters. The smallest absolute Gasteiger partial charge is 0.226 e. The van der Waals surface area contributed by atoms with Crippen molar-refractivity contribution in [1.82, 2.24) is 10.2 Å². The molecule has 0 spiro atoms. The molecule has 0 bridgehead atoms. The lowest BCUT2D eigenvalue weighted by molar-refractivity contribution is -0.133. The Hall–Kier alpha value is -1.56. The van der Waals surface area contributed by atoms with Crippen molar-refractivity contribution in [2.24, 2.45) is 17.3 Å². The fourth-order valence-electron chi connectivity index (χ4n) is 7.46. The molecular formula is C29H40Cl2N2O3. The summed E-state index contributed by atoms with van der Waals surface area (Å²) in [5, 5.41) is 13.3. The Kier molecular flexibility index (Phi) is 8.74. The minimum Gasteiger partial charge on any atom is -0.394 e. The van der Waals surface area contributed by atoms with E-state index in [2.05, 4.69) is 37.4 Å². The van der Waals surface area contributed by atoms with E-state index in [1.165, 1.54) is 11.1 Å². The summed E-state index contributed by atoms with van der Waals surface area (Å²) in [5.41, 5.74) is 1.99. The summed E-state index contributed by atoms with van der Waals surface area (Å²) in [5.74, 6) is 0.732. The van der Waals surface area contributed by atoms with Gasteiger partial charge in [0.1, 0.15) is 0 Å². The highest BCUT2D eigenvalue weighted by molar-refractivity contribution is 6.30. The predicted octanol–water partition coefficient (Wildman–Crippen LogP) is 5.68. The van der Waals surface area contributed by atoms with Gasteiger partial charge in [-0.3, -0.25) is 9.59 Å². The summed E-state index contributed by atoms with van der Waals surface area (Å²) in [6, 6.07) is 8.08. The third kappa shape index (κ3) is 4.96. The van der Waals surface area contributed by atoms with Crippen molar-refractivity contribution in [2.45, 2.75) is 89.1 Å². The van der Waals surface area contributed by atoms with Crippen molar-refractivity contribution >= 4 is 35.0 Å². The van der Waals surface area contributed by atoms with Gasteiger partial charge in [-0.05, 0) is 81.9 Å². The lowest BCUT2D eigenvalue weighted by atomic mass is 9.54. The van der Waals surface area contributed by atoms with Crippen molar-refractivity contribution in [3.05, 3.63) is 46.5 Å². The van der Waals surface area contributed by atoms with Gasteiger partial charge in [0.15, 0.2) is 0 Å². The summed E-state index contributed by atoms with van der Waals surface area (Å²) in [6.07, 6.45) is 7.42. The number of aliphatic hydroxyl groups excluding tert-OH is 1. The molecule has 1 aromatic carbocycles. The van der Waals surface area contributed by atoms with Crippen LogP contribution in [0, 0.1) is 17.3 Å². The fourth-order valence-corrected chi connectivity index (χ4v) is 7.98. The first kappa shape index (κ1) is 27.5. The fraction of sp³-hybridized carbons (Fsp3) is 0.655. The molecule has 36 heavy (non-hydrogen) atoms. The summed E-state index contributed by atoms with van der Waals surface area (Å²) < 4.78 is 0. The predicted molar refractivity (Wildman–Crippen MR) is 145 cm³/mol. The number of amides is 2. The van der Waals surface area contributed by atoms with Gasteiger partial charge >= 0.3 is 0 Å². The summed E-state index contributed by atoms with van der Waals surface area (Å²) in [6.45, 7) is 7.04. The number of halogens is 2. The molecule has 2 N–H and O–H groups in total. The molecule has 7 heteroatoms. The Balaban J connectivity index is 1.59. The zero-order chi connectivity index (χ0) is 26.0. The van der Waals surface area contributed by atoms with Crippen LogP contribution in [-0.2, 0) is 9.59 Å². The largest absolute Gasteiger partial charge is 0.394 e. The molecule has 3 aliphatic rings. The van der Waals surface area contributed by atoms with Gasteiger partial charge in [0.2, 0.25) is 11.8 Å². The number of likely N-dealkylation sites (tertiary alicyclic amines) is 1. The number of aliphatic hydroxyl groups is 1. The highest BCUT2D eigenvalue weighted by Crippen LogP contribution is 2.59. The molecule has 1 saturated carbocycles. The van der Waals surface area contributed by atoms with Crippen molar-refractivity contribution < 1.29 is 14.7 Å². The highest BCUT2D eigenvalue weighted by Gasteiger charge is 2.59. The normalized spacial score (nSPS) is 33.4. The molecule has 2 heterocycles. The van der Waals surface area contributed by atoms with Crippen molar-refractivity contribution in [3.63, 3.8) is 0 Å². The monoisotopic (exact) mass is 534 g/mol. The molecule has 4 rings (SSSR count). The maximum absolute atomic E-state index is 13.2. The number of fused-ring (bicyclic) bond motifs is 1. The standard InChI is InChI=1S/C29H40Cl2N2O3/c1-4-22(24(31)12-13-25(35)33-16-6-7-21(33)17-34)23-14-15-29(5-2)27(18(3)32-28(29)36)26(23)19-8-10-20(30)11-9-19/h4,8-11,18,21,23-24,26-27,34H,5-7,12-17H2,1-3H3,(H,32,36)/b22-4-/t18-,21+,23+,24?,26+,27+,29-/m1/s1. The third-order valence-electron chi connectivity index (χ3n) is 9.24. The molecule has 198 valence electrons. The van der Waals surface area contributed by atoms with E-state index in [0.29, 0.717) is 24.4 Å². The van der Waals surface area contributed by atoms with Crippen molar-refractivity contribution in [3.8, 4) is 0 Å². The van der Waals surface area contributed by atoms with Gasteiger partial charge in [-0.25, -0.2) is 0 Å². The van der Waals surface area contributed by atoms with Gasteiger partial charge in [-0.15, -0.1) is 11.6 Å². The first-order valence-electron chi connectivity index (χ1n) is 13.5. The average molecular weight is 536 g/mol. The van der Waals surface area contributed by atoms with Crippen LogP contribution < -0.4 is 5.32 Å². The highest BCUT2D eigenvalue weighted by atomic mass is 35.5. The third-order valence-corrected chi connectivity index (χ3v) is 9.96. The van der Waals surface area contributed by atoms with Gasteiger partial charge in [0, 0.05) is 29.9 Å². The van der Waals surface area contributed by atoms with Gasteiger partial charge in [0.05, 0.1) is 23.4 Å². The molecule has 7 atom stereocenters. The van der Waals surface area contributed by atoms with Crippen LogP contribution in [0.3, 0.4) is 0 Å². The first-order valence-corrected chi connectivity index (χ1v) is 14.4. The van der Waals surface area contributed by atoms with E-state index in [1.807, 2.05) is 24.0 Å². The minimum absolute atomic E-state index is 0.0203. The number of rotatable bonds is 8. The number of benzene rings is 1. The SMILES string of the molecule is C/C=C(\C(Cl)CCC(=O)N1CCC[C@H]1CO)[C@@H]1CC[C@@]2(CC)C(=O)N[C@H](C)[C@H]2[C@H]1c1ccc(Cl)cc1. The first-order chi connectivity index (χ1) is 17.3. The van der Waals surface area contributed by atoms with Crippen LogP contribution in [0.4, 0.5) is 0 Å². The van der Waals surface area contributed by atoms with E-state index in [4.69, 9.17) is 23.2 Å². The molecule has 0 aromatic heterocycles. The van der Waals surface area contributed by atoms with E-state index in [-0.39, 0.29) is 59.1 Å². The van der Waals surface area contributed by atoms with E-state index in [9.17, 15) is 14.7 Å². The second-order valence-corrected chi connectivity index (χ2v) is 11.8. The number of allylic oxidation sites excluding steroid dienone is 2. The van der Waals surface area contributed by atoms with Gasteiger partial charge in [-0.1, -0.05) is 42.3 Å². The van der Waals surface area contributed by atoms with E-state index >= 15 is 0 Å². The number of hydrogen-bond acceptors (Lipinski definition) is 3. The van der Waals surface area contributed by atoms with Crippen LogP contribution in [0.1, 0.15) is 77.2 Å². The Morgan fingerprint density at radius 3 is 2.67 bits per heavy atom. The van der Waals surface area contributed by atoms with Crippen LogP contribution in [0.25, 0.3) is 0 Å². The second kappa shape index (κ2) is 11.4. The molecule has 1 aromatic rings. The second-order valence-electron chi connectivity index (χ2n) is 10.9. The summed E-state index contributed by atoms with van der Waals surface area (Å²) in [4.78, 5) is 27.9. The number of alkyl halides is 1. The molecule has 2 saturated heterocycles. The topological polar surface area (TPSA) is 69.6 Å². The minimum atomic E-state index is -0.369. The number of carbonyl (C=O) groups is 2. The Bertz CT molecular complexity index is 981. The zero-order valence-corrected chi connectivity index (χ0v) is 23.2. The summed E-state index contributed by atoms with van der Waals surface area (Å²) >= 11 is 13.3. The molecule has 2 aliphatic heterocycles. The molecular weight excluding hydrogens is 495 g/mol. The number of hydrogen-bond donors (Lipinski definition) is 2. The number of nitrogens with zero attached hydrogens (tertiary/aromatic N) is 1. The maximum atomic E-state index is 13.2. The molecule has 1 aliphatic carbocycles. The molecule has 2 amide bonds. The van der Waals surface area contributed by atoms with E-state index in [0.717, 1.165) is 32.1 Å². The Morgan fingerprint density at radius 2 is 2.03 bits per heavy atom. The number of carbonyl (C=O) groups excluding carboxylic acids is 2. The van der Waals surface area contributed by atoms with Gasteiger partial charge < -0.3 is 15.3 Å². The van der Waals surface area contributed by atoms with Crippen LogP contribution >= 0.6 is 23.2 Å².